The van der Waals surface area contributed by atoms with E-state index in [4.69, 9.17) is 14.2 Å². The Morgan fingerprint density at radius 1 is 1.11 bits per heavy atom. The molecule has 0 aromatic carbocycles. The van der Waals surface area contributed by atoms with Gasteiger partial charge in [0.25, 0.3) is 0 Å². The van der Waals surface area contributed by atoms with Crippen LogP contribution in [0, 0.1) is 46.8 Å². The van der Waals surface area contributed by atoms with Crippen LogP contribution in [0.1, 0.15) is 99.3 Å². The number of fused-ring (bicyclic) bond motifs is 1. The number of ether oxygens (including phenoxy) is 3. The molecular formula is C30H46O7. The topological polar surface area (TPSA) is 99.1 Å². The molecule has 0 aromatic heterocycles. The van der Waals surface area contributed by atoms with Crippen LogP contribution in [-0.2, 0) is 28.6 Å². The molecule has 1 heterocycles. The molecule has 6 aliphatic carbocycles. The lowest BCUT2D eigenvalue weighted by molar-refractivity contribution is -0.222. The van der Waals surface area contributed by atoms with Crippen LogP contribution in [-0.4, -0.2) is 46.4 Å². The number of hydrogen-bond acceptors (Lipinski definition) is 7. The average Bonchev–Trinajstić information content (AvgIpc) is 3.41. The van der Waals surface area contributed by atoms with Gasteiger partial charge in [-0.25, -0.2) is 0 Å². The first-order valence-corrected chi connectivity index (χ1v) is 14.7. The van der Waals surface area contributed by atoms with Gasteiger partial charge in [-0.05, 0) is 83.0 Å². The first-order valence-electron chi connectivity index (χ1n) is 14.7. The van der Waals surface area contributed by atoms with E-state index in [2.05, 4.69) is 6.92 Å². The van der Waals surface area contributed by atoms with E-state index in [-0.39, 0.29) is 59.4 Å². The summed E-state index contributed by atoms with van der Waals surface area (Å²) in [6.45, 7) is 11.8. The fraction of sp³-hybridized carbons (Fsp3) is 0.900. The van der Waals surface area contributed by atoms with Gasteiger partial charge in [-0.1, -0.05) is 27.7 Å². The van der Waals surface area contributed by atoms with Crippen LogP contribution in [0.25, 0.3) is 0 Å². The Morgan fingerprint density at radius 2 is 1.76 bits per heavy atom. The molecule has 0 aromatic rings. The highest BCUT2D eigenvalue weighted by Crippen LogP contribution is 2.60. The fourth-order valence-electron chi connectivity index (χ4n) is 8.66. The summed E-state index contributed by atoms with van der Waals surface area (Å²) in [5.74, 6) is 1.69. The van der Waals surface area contributed by atoms with Crippen molar-refractivity contribution in [3.05, 3.63) is 0 Å². The SMILES string of the molecule is CCC(C)(C)C(=O)OC1C2CC3C1OC(=O)C3C2C.CCC(C)C(=O)OC12CC3CC(CC(O)(C3)C1)C2. The Labute approximate surface area is 221 Å². The number of carbonyl (C=O) groups excluding carboxylic acids is 3. The van der Waals surface area contributed by atoms with Crippen molar-refractivity contribution in [1.29, 1.82) is 0 Å². The largest absolute Gasteiger partial charge is 0.459 e. The van der Waals surface area contributed by atoms with Crippen molar-refractivity contribution in [3.63, 3.8) is 0 Å². The van der Waals surface area contributed by atoms with E-state index in [0.717, 1.165) is 44.9 Å². The third-order valence-corrected chi connectivity index (χ3v) is 10.9. The van der Waals surface area contributed by atoms with Crippen LogP contribution in [0.3, 0.4) is 0 Å². The van der Waals surface area contributed by atoms with Gasteiger partial charge in [-0.3, -0.25) is 14.4 Å². The number of esters is 3. The molecule has 1 N–H and O–H groups in total. The van der Waals surface area contributed by atoms with Gasteiger partial charge in [0, 0.05) is 18.3 Å². The van der Waals surface area contributed by atoms with Gasteiger partial charge in [0.15, 0.2) is 0 Å². The Hall–Kier alpha value is -1.63. The maximum absolute atomic E-state index is 12.2. The number of carbonyl (C=O) groups is 3. The molecule has 1 aliphatic heterocycles. The molecule has 9 atom stereocenters. The lowest BCUT2D eigenvalue weighted by Gasteiger charge is -2.59. The van der Waals surface area contributed by atoms with E-state index in [1.54, 1.807) is 0 Å². The summed E-state index contributed by atoms with van der Waals surface area (Å²) in [4.78, 5) is 36.1. The molecule has 7 fully saturated rings. The van der Waals surface area contributed by atoms with Gasteiger partial charge in [0.1, 0.15) is 17.8 Å². The molecule has 0 spiro atoms. The van der Waals surface area contributed by atoms with E-state index in [0.29, 0.717) is 24.2 Å². The van der Waals surface area contributed by atoms with Crippen molar-refractivity contribution < 1.29 is 33.7 Å². The highest BCUT2D eigenvalue weighted by Gasteiger charge is 2.67. The zero-order chi connectivity index (χ0) is 26.9. The molecule has 6 saturated carbocycles. The van der Waals surface area contributed by atoms with Crippen LogP contribution < -0.4 is 0 Å². The van der Waals surface area contributed by atoms with Crippen molar-refractivity contribution in [2.24, 2.45) is 46.8 Å². The monoisotopic (exact) mass is 518 g/mol. The van der Waals surface area contributed by atoms with Gasteiger partial charge in [-0.15, -0.1) is 0 Å². The van der Waals surface area contributed by atoms with Gasteiger partial charge in [-0.2, -0.15) is 0 Å². The van der Waals surface area contributed by atoms with Gasteiger partial charge in [0.05, 0.1) is 22.9 Å². The summed E-state index contributed by atoms with van der Waals surface area (Å²) in [5, 5.41) is 10.6. The Balaban J connectivity index is 0.000000152. The van der Waals surface area contributed by atoms with Crippen LogP contribution in [0.15, 0.2) is 0 Å². The second-order valence-corrected chi connectivity index (χ2v) is 14.1. The molecule has 6 bridgehead atoms. The molecule has 208 valence electrons. The van der Waals surface area contributed by atoms with Gasteiger partial charge >= 0.3 is 17.9 Å². The van der Waals surface area contributed by atoms with Gasteiger partial charge < -0.3 is 19.3 Å². The summed E-state index contributed by atoms with van der Waals surface area (Å²) in [5.41, 5.74) is -1.34. The molecule has 7 nitrogen and oxygen atoms in total. The summed E-state index contributed by atoms with van der Waals surface area (Å²) < 4.78 is 17.1. The number of aliphatic hydroxyl groups is 1. The average molecular weight is 519 g/mol. The Kier molecular flexibility index (Phi) is 6.73. The standard InChI is InChI=1S/C15H22O4.C15H24O3/c1-5-15(3,4)14(17)19-11-8-6-9-10(7(8)2)13(16)18-12(9)11;1-3-10(2)13(16)18-15-7-11-4-12(8-15)6-14(17,5-11)9-15/h7-12H,5-6H2,1-4H3;10-12,17H,3-9H2,1-2H3. The second kappa shape index (κ2) is 9.24. The zero-order valence-corrected chi connectivity index (χ0v) is 23.5. The molecule has 0 radical (unpaired) electrons. The lowest BCUT2D eigenvalue weighted by atomic mass is 9.52. The zero-order valence-electron chi connectivity index (χ0n) is 23.5. The molecule has 1 saturated heterocycles. The van der Waals surface area contributed by atoms with Crippen LogP contribution in [0.4, 0.5) is 0 Å². The smallest absolute Gasteiger partial charge is 0.311 e. The molecule has 9 unspecified atom stereocenters. The summed E-state index contributed by atoms with van der Waals surface area (Å²) in [6, 6.07) is 0. The van der Waals surface area contributed by atoms with Crippen molar-refractivity contribution in [1.82, 2.24) is 0 Å². The maximum atomic E-state index is 12.2. The normalized spacial score (nSPS) is 45.2. The maximum Gasteiger partial charge on any atom is 0.311 e. The molecule has 7 heteroatoms. The molecular weight excluding hydrogens is 472 g/mol. The Morgan fingerprint density at radius 3 is 2.32 bits per heavy atom. The first-order chi connectivity index (χ1) is 17.3. The third kappa shape index (κ3) is 4.61. The van der Waals surface area contributed by atoms with Crippen LogP contribution >= 0.6 is 0 Å². The number of rotatable bonds is 6. The molecule has 7 rings (SSSR count). The van der Waals surface area contributed by atoms with Crippen LogP contribution in [0.5, 0.6) is 0 Å². The predicted molar refractivity (Wildman–Crippen MR) is 136 cm³/mol. The van der Waals surface area contributed by atoms with Crippen molar-refractivity contribution >= 4 is 17.9 Å². The highest BCUT2D eigenvalue weighted by molar-refractivity contribution is 5.78. The van der Waals surface area contributed by atoms with Gasteiger partial charge in [0.2, 0.25) is 0 Å². The van der Waals surface area contributed by atoms with Crippen molar-refractivity contribution in [3.8, 4) is 0 Å². The van der Waals surface area contributed by atoms with Crippen molar-refractivity contribution in [2.75, 3.05) is 0 Å². The quantitative estimate of drug-likeness (QED) is 0.397. The van der Waals surface area contributed by atoms with Crippen molar-refractivity contribution in [2.45, 2.75) is 123 Å². The summed E-state index contributed by atoms with van der Waals surface area (Å²) in [7, 11) is 0. The predicted octanol–water partition coefficient (Wildman–Crippen LogP) is 4.82. The minimum absolute atomic E-state index is 0.0207. The highest BCUT2D eigenvalue weighted by atomic mass is 16.6. The number of hydrogen-bond donors (Lipinski definition) is 1. The third-order valence-electron chi connectivity index (χ3n) is 10.9. The molecule has 37 heavy (non-hydrogen) atoms. The minimum atomic E-state index is -0.542. The summed E-state index contributed by atoms with van der Waals surface area (Å²) >= 11 is 0. The van der Waals surface area contributed by atoms with Crippen LogP contribution in [0.2, 0.25) is 0 Å². The molecule has 0 amide bonds. The molecule has 7 aliphatic rings. The minimum Gasteiger partial charge on any atom is -0.459 e. The summed E-state index contributed by atoms with van der Waals surface area (Å²) in [6.07, 6.45) is 7.84. The van der Waals surface area contributed by atoms with E-state index < -0.39 is 11.0 Å². The second-order valence-electron chi connectivity index (χ2n) is 14.1. The first kappa shape index (κ1) is 27.0. The van der Waals surface area contributed by atoms with E-state index in [9.17, 15) is 19.5 Å². The fourth-order valence-corrected chi connectivity index (χ4v) is 8.66. The van der Waals surface area contributed by atoms with E-state index in [1.165, 1.54) is 6.42 Å². The van der Waals surface area contributed by atoms with E-state index >= 15 is 0 Å². The Bertz CT molecular complexity index is 926. The van der Waals surface area contributed by atoms with E-state index in [1.807, 2.05) is 34.6 Å². The lowest BCUT2D eigenvalue weighted by Crippen LogP contribution is -2.60.